The number of para-hydroxylation sites is 1. The Kier molecular flexibility index (Phi) is 4.32. The summed E-state index contributed by atoms with van der Waals surface area (Å²) in [7, 11) is 0. The number of fused-ring (bicyclic) bond motifs is 1. The highest BCUT2D eigenvalue weighted by atomic mass is 16.1. The van der Waals surface area contributed by atoms with Crippen molar-refractivity contribution in [3.05, 3.63) is 24.3 Å². The van der Waals surface area contributed by atoms with Gasteiger partial charge in [-0.05, 0) is 38.8 Å². The first-order valence-corrected chi connectivity index (χ1v) is 8.12. The predicted octanol–water partition coefficient (Wildman–Crippen LogP) is 2.15. The van der Waals surface area contributed by atoms with Crippen LogP contribution in [-0.4, -0.2) is 35.0 Å². The highest BCUT2D eigenvalue weighted by Crippen LogP contribution is 2.26. The van der Waals surface area contributed by atoms with Crippen molar-refractivity contribution in [3.63, 3.8) is 0 Å². The molecular weight excluding hydrogens is 290 g/mol. The molecule has 1 aliphatic heterocycles. The molecule has 0 saturated carbocycles. The van der Waals surface area contributed by atoms with Crippen LogP contribution in [0.1, 0.15) is 26.7 Å². The average Bonchev–Trinajstić information content (AvgIpc) is 2.54. The normalized spacial score (nSPS) is 16.0. The van der Waals surface area contributed by atoms with Crippen molar-refractivity contribution in [3.8, 4) is 0 Å². The van der Waals surface area contributed by atoms with Gasteiger partial charge in [-0.2, -0.15) is 4.98 Å². The van der Waals surface area contributed by atoms with E-state index in [1.54, 1.807) is 0 Å². The molecule has 1 aromatic heterocycles. The van der Waals surface area contributed by atoms with E-state index in [1.165, 1.54) is 0 Å². The number of benzene rings is 1. The molecule has 122 valence electrons. The molecule has 0 radical (unpaired) electrons. The van der Waals surface area contributed by atoms with Gasteiger partial charge in [-0.1, -0.05) is 12.1 Å². The molecule has 1 aliphatic rings. The Morgan fingerprint density at radius 1 is 1.26 bits per heavy atom. The molecule has 23 heavy (non-hydrogen) atoms. The third-order valence-corrected chi connectivity index (χ3v) is 4.20. The maximum atomic E-state index is 11.3. The van der Waals surface area contributed by atoms with E-state index < -0.39 is 0 Å². The second-order valence-electron chi connectivity index (χ2n) is 6.35. The van der Waals surface area contributed by atoms with Gasteiger partial charge in [0.05, 0.1) is 5.52 Å². The molecule has 0 aliphatic carbocycles. The zero-order chi connectivity index (χ0) is 16.4. The summed E-state index contributed by atoms with van der Waals surface area (Å²) in [5, 5.41) is 4.43. The van der Waals surface area contributed by atoms with Gasteiger partial charge in [-0.25, -0.2) is 4.98 Å². The van der Waals surface area contributed by atoms with Gasteiger partial charge in [-0.15, -0.1) is 0 Å². The van der Waals surface area contributed by atoms with E-state index in [0.29, 0.717) is 6.04 Å². The number of carbonyl (C=O) groups excluding carboxylic acids is 1. The van der Waals surface area contributed by atoms with Crippen molar-refractivity contribution < 1.29 is 4.79 Å². The summed E-state index contributed by atoms with van der Waals surface area (Å²) in [5.74, 6) is 1.35. The number of nitrogens with two attached hydrogens (primary N) is 1. The molecule has 3 N–H and O–H groups in total. The van der Waals surface area contributed by atoms with E-state index in [1.807, 2.05) is 24.3 Å². The van der Waals surface area contributed by atoms with E-state index in [9.17, 15) is 4.79 Å². The minimum atomic E-state index is -0.203. The lowest BCUT2D eigenvalue weighted by molar-refractivity contribution is -0.122. The molecule has 0 bridgehead atoms. The largest absolute Gasteiger partial charge is 0.369 e. The number of carbonyl (C=O) groups is 1. The molecule has 1 saturated heterocycles. The molecule has 1 aromatic carbocycles. The molecule has 1 amide bonds. The highest BCUT2D eigenvalue weighted by Gasteiger charge is 2.25. The minimum absolute atomic E-state index is 0.0278. The Bertz CT molecular complexity index is 707. The summed E-state index contributed by atoms with van der Waals surface area (Å²) in [5.41, 5.74) is 6.33. The second-order valence-corrected chi connectivity index (χ2v) is 6.35. The standard InChI is InChI=1S/C17H23N5O/c1-11(2)19-16-13-5-3-4-6-14(13)20-17(21-16)22-9-7-12(8-10-22)15(18)23/h3-6,11-12H,7-10H2,1-2H3,(H2,18,23)(H,19,20,21). The minimum Gasteiger partial charge on any atom is -0.369 e. The van der Waals surface area contributed by atoms with Crippen molar-refractivity contribution >= 4 is 28.6 Å². The first-order chi connectivity index (χ1) is 11.0. The smallest absolute Gasteiger partial charge is 0.227 e. The monoisotopic (exact) mass is 313 g/mol. The maximum absolute atomic E-state index is 11.3. The quantitative estimate of drug-likeness (QED) is 0.903. The zero-order valence-corrected chi connectivity index (χ0v) is 13.6. The summed E-state index contributed by atoms with van der Waals surface area (Å²) in [6.45, 7) is 5.70. The van der Waals surface area contributed by atoms with E-state index in [0.717, 1.165) is 48.6 Å². The van der Waals surface area contributed by atoms with Gasteiger partial charge in [-0.3, -0.25) is 4.79 Å². The number of anilines is 2. The maximum Gasteiger partial charge on any atom is 0.227 e. The van der Waals surface area contributed by atoms with Crippen LogP contribution in [0, 0.1) is 5.92 Å². The number of piperidine rings is 1. The topological polar surface area (TPSA) is 84.1 Å². The molecule has 2 aromatic rings. The van der Waals surface area contributed by atoms with E-state index in [4.69, 9.17) is 15.7 Å². The van der Waals surface area contributed by atoms with E-state index in [2.05, 4.69) is 24.1 Å². The van der Waals surface area contributed by atoms with Crippen LogP contribution in [-0.2, 0) is 4.79 Å². The summed E-state index contributed by atoms with van der Waals surface area (Å²) in [6, 6.07) is 8.31. The number of hydrogen-bond acceptors (Lipinski definition) is 5. The van der Waals surface area contributed by atoms with Gasteiger partial charge in [0.2, 0.25) is 11.9 Å². The van der Waals surface area contributed by atoms with Crippen molar-refractivity contribution in [2.24, 2.45) is 11.7 Å². The van der Waals surface area contributed by atoms with Gasteiger partial charge < -0.3 is 16.0 Å². The molecule has 2 heterocycles. The Morgan fingerprint density at radius 3 is 2.61 bits per heavy atom. The SMILES string of the molecule is CC(C)Nc1nc(N2CCC(C(N)=O)CC2)nc2ccccc12. The number of nitrogens with zero attached hydrogens (tertiary/aromatic N) is 3. The van der Waals surface area contributed by atoms with E-state index in [-0.39, 0.29) is 11.8 Å². The number of amides is 1. The molecule has 0 atom stereocenters. The summed E-state index contributed by atoms with van der Waals surface area (Å²) >= 11 is 0. The molecule has 0 unspecified atom stereocenters. The Hall–Kier alpha value is -2.37. The van der Waals surface area contributed by atoms with Crippen LogP contribution in [0.2, 0.25) is 0 Å². The molecule has 1 fully saturated rings. The van der Waals surface area contributed by atoms with Crippen LogP contribution in [0.25, 0.3) is 10.9 Å². The predicted molar refractivity (Wildman–Crippen MR) is 92.4 cm³/mol. The zero-order valence-electron chi connectivity index (χ0n) is 13.6. The number of aromatic nitrogens is 2. The molecule has 6 heteroatoms. The van der Waals surface area contributed by atoms with Crippen molar-refractivity contribution in [2.75, 3.05) is 23.3 Å². The van der Waals surface area contributed by atoms with Gasteiger partial charge in [0.15, 0.2) is 0 Å². The Labute approximate surface area is 136 Å². The average molecular weight is 313 g/mol. The van der Waals surface area contributed by atoms with E-state index >= 15 is 0 Å². The van der Waals surface area contributed by atoms with Crippen LogP contribution in [0.15, 0.2) is 24.3 Å². The third kappa shape index (κ3) is 3.36. The summed E-state index contributed by atoms with van der Waals surface area (Å²) < 4.78 is 0. The fourth-order valence-corrected chi connectivity index (χ4v) is 2.95. The van der Waals surface area contributed by atoms with Crippen LogP contribution >= 0.6 is 0 Å². The fraction of sp³-hybridized carbons (Fsp3) is 0.471. The first-order valence-electron chi connectivity index (χ1n) is 8.12. The first kappa shape index (κ1) is 15.5. The molecular formula is C17H23N5O. The summed E-state index contributed by atoms with van der Waals surface area (Å²) in [4.78, 5) is 22.9. The lowest BCUT2D eigenvalue weighted by Gasteiger charge is -2.31. The Morgan fingerprint density at radius 2 is 1.96 bits per heavy atom. The lowest BCUT2D eigenvalue weighted by atomic mass is 9.96. The fourth-order valence-electron chi connectivity index (χ4n) is 2.95. The van der Waals surface area contributed by atoms with Gasteiger partial charge in [0, 0.05) is 30.4 Å². The summed E-state index contributed by atoms with van der Waals surface area (Å²) in [6.07, 6.45) is 1.52. The second kappa shape index (κ2) is 6.40. The van der Waals surface area contributed by atoms with Gasteiger partial charge in [0.25, 0.3) is 0 Å². The van der Waals surface area contributed by atoms with Gasteiger partial charge in [0.1, 0.15) is 5.82 Å². The number of hydrogen-bond donors (Lipinski definition) is 2. The Balaban J connectivity index is 1.91. The van der Waals surface area contributed by atoms with Crippen LogP contribution in [0.4, 0.5) is 11.8 Å². The highest BCUT2D eigenvalue weighted by molar-refractivity contribution is 5.90. The van der Waals surface area contributed by atoms with Crippen molar-refractivity contribution in [2.45, 2.75) is 32.7 Å². The number of rotatable bonds is 4. The lowest BCUT2D eigenvalue weighted by Crippen LogP contribution is -2.39. The van der Waals surface area contributed by atoms with Crippen LogP contribution in [0.5, 0.6) is 0 Å². The molecule has 0 spiro atoms. The molecule has 3 rings (SSSR count). The van der Waals surface area contributed by atoms with Crippen LogP contribution < -0.4 is 16.0 Å². The third-order valence-electron chi connectivity index (χ3n) is 4.20. The number of nitrogens with one attached hydrogen (secondary N) is 1. The molecule has 6 nitrogen and oxygen atoms in total. The van der Waals surface area contributed by atoms with Crippen molar-refractivity contribution in [1.82, 2.24) is 9.97 Å². The van der Waals surface area contributed by atoms with Crippen molar-refractivity contribution in [1.29, 1.82) is 0 Å². The number of primary amides is 1. The van der Waals surface area contributed by atoms with Gasteiger partial charge >= 0.3 is 0 Å². The van der Waals surface area contributed by atoms with Crippen LogP contribution in [0.3, 0.4) is 0 Å².